The van der Waals surface area contributed by atoms with Crippen molar-refractivity contribution in [3.8, 4) is 11.5 Å². The predicted octanol–water partition coefficient (Wildman–Crippen LogP) is 3.51. The summed E-state index contributed by atoms with van der Waals surface area (Å²) < 4.78 is 5.04. The lowest BCUT2D eigenvalue weighted by atomic mass is 10.1. The minimum Gasteiger partial charge on any atom is -0.507 e. The normalized spacial score (nSPS) is 14.2. The van der Waals surface area contributed by atoms with Crippen LogP contribution in [0, 0.1) is 6.92 Å². The maximum Gasteiger partial charge on any atom is 0.259 e. The zero-order chi connectivity index (χ0) is 17.8. The Labute approximate surface area is 152 Å². The van der Waals surface area contributed by atoms with Gasteiger partial charge in [0.05, 0.1) is 12.7 Å². The van der Waals surface area contributed by atoms with Gasteiger partial charge in [-0.05, 0) is 42.8 Å². The van der Waals surface area contributed by atoms with Crippen LogP contribution >= 0.6 is 11.8 Å². The van der Waals surface area contributed by atoms with E-state index in [-0.39, 0.29) is 17.2 Å². The molecule has 1 aliphatic heterocycles. The topological polar surface area (TPSA) is 61.8 Å². The van der Waals surface area contributed by atoms with Crippen molar-refractivity contribution in [2.75, 3.05) is 41.9 Å². The summed E-state index contributed by atoms with van der Waals surface area (Å²) in [4.78, 5) is 14.8. The number of methoxy groups -OCH3 is 1. The van der Waals surface area contributed by atoms with Crippen LogP contribution < -0.4 is 15.0 Å². The number of aromatic hydroxyl groups is 1. The van der Waals surface area contributed by atoms with Gasteiger partial charge in [-0.15, -0.1) is 0 Å². The zero-order valence-electron chi connectivity index (χ0n) is 14.4. The van der Waals surface area contributed by atoms with Crippen LogP contribution in [0.5, 0.6) is 11.5 Å². The fourth-order valence-electron chi connectivity index (χ4n) is 2.83. The molecule has 132 valence electrons. The van der Waals surface area contributed by atoms with Gasteiger partial charge in [-0.1, -0.05) is 0 Å². The third-order valence-electron chi connectivity index (χ3n) is 4.28. The van der Waals surface area contributed by atoms with Crippen LogP contribution in [0.2, 0.25) is 0 Å². The predicted molar refractivity (Wildman–Crippen MR) is 103 cm³/mol. The smallest absolute Gasteiger partial charge is 0.259 e. The Morgan fingerprint density at radius 2 is 1.96 bits per heavy atom. The number of aryl methyl sites for hydroxylation is 1. The number of hydrogen-bond donors (Lipinski definition) is 2. The Morgan fingerprint density at radius 3 is 2.60 bits per heavy atom. The van der Waals surface area contributed by atoms with E-state index in [0.717, 1.165) is 35.8 Å². The number of phenols is 1. The first kappa shape index (κ1) is 17.5. The Balaban J connectivity index is 1.75. The summed E-state index contributed by atoms with van der Waals surface area (Å²) in [6, 6.07) is 10.7. The molecular formula is C19H22N2O3S. The third-order valence-corrected chi connectivity index (χ3v) is 5.23. The lowest BCUT2D eigenvalue weighted by Crippen LogP contribution is -2.32. The first-order valence-electron chi connectivity index (χ1n) is 8.20. The van der Waals surface area contributed by atoms with Crippen LogP contribution in [0.15, 0.2) is 36.4 Å². The highest BCUT2D eigenvalue weighted by molar-refractivity contribution is 7.99. The molecule has 6 heteroatoms. The van der Waals surface area contributed by atoms with Crippen molar-refractivity contribution in [3.63, 3.8) is 0 Å². The van der Waals surface area contributed by atoms with Gasteiger partial charge in [0.1, 0.15) is 11.5 Å². The molecule has 2 aromatic carbocycles. The number of amides is 1. The number of rotatable bonds is 4. The maximum absolute atomic E-state index is 12.4. The number of ether oxygens (including phenoxy) is 1. The van der Waals surface area contributed by atoms with Crippen LogP contribution in [-0.2, 0) is 0 Å². The summed E-state index contributed by atoms with van der Waals surface area (Å²) in [6.07, 6.45) is 0. The molecule has 0 saturated carbocycles. The van der Waals surface area contributed by atoms with Gasteiger partial charge < -0.3 is 20.1 Å². The van der Waals surface area contributed by atoms with Crippen LogP contribution in [0.25, 0.3) is 0 Å². The van der Waals surface area contributed by atoms with Crippen LogP contribution in [0.1, 0.15) is 15.9 Å². The average Bonchev–Trinajstić information content (AvgIpc) is 2.63. The van der Waals surface area contributed by atoms with Gasteiger partial charge in [-0.3, -0.25) is 4.79 Å². The van der Waals surface area contributed by atoms with E-state index in [4.69, 9.17) is 4.74 Å². The van der Waals surface area contributed by atoms with Crippen LogP contribution in [-0.4, -0.2) is 42.7 Å². The highest BCUT2D eigenvalue weighted by Crippen LogP contribution is 2.27. The van der Waals surface area contributed by atoms with Gasteiger partial charge in [0, 0.05) is 42.0 Å². The van der Waals surface area contributed by atoms with Gasteiger partial charge in [-0.2, -0.15) is 11.8 Å². The second-order valence-electron chi connectivity index (χ2n) is 5.94. The molecule has 3 rings (SSSR count). The van der Waals surface area contributed by atoms with Gasteiger partial charge in [0.15, 0.2) is 0 Å². The van der Waals surface area contributed by atoms with Crippen molar-refractivity contribution < 1.29 is 14.6 Å². The molecule has 1 amide bonds. The highest BCUT2D eigenvalue weighted by atomic mass is 32.2. The molecular weight excluding hydrogens is 336 g/mol. The van der Waals surface area contributed by atoms with Crippen molar-refractivity contribution in [2.24, 2.45) is 0 Å². The van der Waals surface area contributed by atoms with Gasteiger partial charge in [0.25, 0.3) is 5.91 Å². The number of nitrogens with one attached hydrogen (secondary N) is 1. The highest BCUT2D eigenvalue weighted by Gasteiger charge is 2.15. The number of carbonyl (C=O) groups is 1. The SMILES string of the molecule is COc1ccc(C(=O)Nc2ccc(N3CCSCC3)cc2C)c(O)c1. The quantitative estimate of drug-likeness (QED) is 0.876. The van der Waals surface area contributed by atoms with E-state index in [0.29, 0.717) is 5.75 Å². The van der Waals surface area contributed by atoms with Gasteiger partial charge in [-0.25, -0.2) is 0 Å². The second kappa shape index (κ2) is 7.70. The number of thioether (sulfide) groups is 1. The zero-order valence-corrected chi connectivity index (χ0v) is 15.2. The monoisotopic (exact) mass is 358 g/mol. The molecule has 0 aromatic heterocycles. The Bertz CT molecular complexity index is 773. The van der Waals surface area contributed by atoms with Crippen LogP contribution in [0.3, 0.4) is 0 Å². The molecule has 1 fully saturated rings. The second-order valence-corrected chi connectivity index (χ2v) is 7.16. The number of hydrogen-bond acceptors (Lipinski definition) is 5. The van der Waals surface area contributed by atoms with Crippen LogP contribution in [0.4, 0.5) is 11.4 Å². The Kier molecular flexibility index (Phi) is 5.38. The summed E-state index contributed by atoms with van der Waals surface area (Å²) in [6.45, 7) is 4.08. The molecule has 5 nitrogen and oxygen atoms in total. The number of benzene rings is 2. The van der Waals surface area contributed by atoms with Crippen molar-refractivity contribution in [2.45, 2.75) is 6.92 Å². The Morgan fingerprint density at radius 1 is 1.20 bits per heavy atom. The number of anilines is 2. The van der Waals surface area contributed by atoms with E-state index < -0.39 is 0 Å². The van der Waals surface area contributed by atoms with E-state index in [1.807, 2.05) is 30.8 Å². The van der Waals surface area contributed by atoms with Crippen molar-refractivity contribution >= 4 is 29.0 Å². The summed E-state index contributed by atoms with van der Waals surface area (Å²) >= 11 is 1.98. The van der Waals surface area contributed by atoms with Gasteiger partial charge in [0.2, 0.25) is 0 Å². The molecule has 0 atom stereocenters. The van der Waals surface area contributed by atoms with Crippen molar-refractivity contribution in [3.05, 3.63) is 47.5 Å². The minimum absolute atomic E-state index is 0.100. The lowest BCUT2D eigenvalue weighted by molar-refractivity contribution is 0.102. The number of nitrogens with zero attached hydrogens (tertiary/aromatic N) is 1. The third kappa shape index (κ3) is 4.02. The van der Waals surface area contributed by atoms with E-state index in [1.54, 1.807) is 12.1 Å². The first-order valence-corrected chi connectivity index (χ1v) is 9.35. The van der Waals surface area contributed by atoms with E-state index in [2.05, 4.69) is 16.3 Å². The number of phenolic OH excluding ortho intramolecular Hbond substituents is 1. The van der Waals surface area contributed by atoms with Crippen molar-refractivity contribution in [1.29, 1.82) is 0 Å². The van der Waals surface area contributed by atoms with E-state index in [9.17, 15) is 9.90 Å². The lowest BCUT2D eigenvalue weighted by Gasteiger charge is -2.29. The maximum atomic E-state index is 12.4. The molecule has 2 aromatic rings. The fourth-order valence-corrected chi connectivity index (χ4v) is 3.73. The van der Waals surface area contributed by atoms with Gasteiger partial charge >= 0.3 is 0 Å². The summed E-state index contributed by atoms with van der Waals surface area (Å²) in [7, 11) is 1.51. The summed E-state index contributed by atoms with van der Waals surface area (Å²) in [5.41, 5.74) is 3.15. The molecule has 0 unspecified atom stereocenters. The standard InChI is InChI=1S/C19H22N2O3S/c1-13-11-14(21-7-9-25-10-8-21)3-6-17(13)20-19(23)16-5-4-15(24-2)12-18(16)22/h3-6,11-12,22H,7-10H2,1-2H3,(H,20,23). The summed E-state index contributed by atoms with van der Waals surface area (Å²) in [5, 5.41) is 12.9. The molecule has 0 radical (unpaired) electrons. The molecule has 25 heavy (non-hydrogen) atoms. The Hall–Kier alpha value is -2.34. The average molecular weight is 358 g/mol. The molecule has 0 spiro atoms. The first-order chi connectivity index (χ1) is 12.1. The molecule has 0 aliphatic carbocycles. The van der Waals surface area contributed by atoms with E-state index >= 15 is 0 Å². The molecule has 1 saturated heterocycles. The van der Waals surface area contributed by atoms with Crippen molar-refractivity contribution in [1.82, 2.24) is 0 Å². The largest absolute Gasteiger partial charge is 0.507 e. The molecule has 1 heterocycles. The van der Waals surface area contributed by atoms with E-state index in [1.165, 1.54) is 18.9 Å². The summed E-state index contributed by atoms with van der Waals surface area (Å²) in [5.74, 6) is 2.36. The molecule has 1 aliphatic rings. The molecule has 0 bridgehead atoms. The minimum atomic E-state index is -0.342. The molecule has 2 N–H and O–H groups in total. The fraction of sp³-hybridized carbons (Fsp3) is 0.316. The number of carbonyl (C=O) groups excluding carboxylic acids is 1.